The van der Waals surface area contributed by atoms with Gasteiger partial charge in [-0.05, 0) is 36.2 Å². The van der Waals surface area contributed by atoms with Crippen LogP contribution in [0.15, 0.2) is 53.8 Å². The molecule has 3 aromatic rings. The molecule has 4 heteroatoms. The first kappa shape index (κ1) is 12.9. The lowest BCUT2D eigenvalue weighted by atomic mass is 10.1. The molecule has 1 heterocycles. The van der Waals surface area contributed by atoms with Gasteiger partial charge in [0, 0.05) is 16.8 Å². The molecule has 2 N–H and O–H groups in total. The second kappa shape index (κ2) is 5.51. The van der Waals surface area contributed by atoms with Crippen LogP contribution in [-0.4, -0.2) is 9.97 Å². The van der Waals surface area contributed by atoms with Gasteiger partial charge >= 0.3 is 0 Å². The third kappa shape index (κ3) is 2.60. The van der Waals surface area contributed by atoms with E-state index >= 15 is 0 Å². The highest BCUT2D eigenvalue weighted by Crippen LogP contribution is 2.29. The molecule has 3 nitrogen and oxygen atoms in total. The van der Waals surface area contributed by atoms with E-state index in [2.05, 4.69) is 41.2 Å². The summed E-state index contributed by atoms with van der Waals surface area (Å²) in [6.45, 7) is 2.13. The number of nitrogen functional groups attached to an aromatic ring is 1. The van der Waals surface area contributed by atoms with Gasteiger partial charge in [0.15, 0.2) is 0 Å². The zero-order valence-electron chi connectivity index (χ0n) is 11.2. The van der Waals surface area contributed by atoms with Gasteiger partial charge in [0.1, 0.15) is 11.4 Å². The van der Waals surface area contributed by atoms with Gasteiger partial charge in [0.2, 0.25) is 0 Å². The Kier molecular flexibility index (Phi) is 3.56. The molecule has 0 unspecified atom stereocenters. The highest BCUT2D eigenvalue weighted by molar-refractivity contribution is 7.98. The minimum Gasteiger partial charge on any atom is -0.399 e. The third-order valence-corrected chi connectivity index (χ3v) is 4.30. The molecule has 0 spiro atoms. The van der Waals surface area contributed by atoms with Crippen molar-refractivity contribution in [1.29, 1.82) is 0 Å². The van der Waals surface area contributed by atoms with Crippen molar-refractivity contribution in [2.24, 2.45) is 0 Å². The SMILES string of the molecule is Cc1ccccc1CSc1ncnc2ccc(N)cc12. The predicted molar refractivity (Wildman–Crippen MR) is 84.7 cm³/mol. The molecule has 2 aromatic carbocycles. The molecular weight excluding hydrogens is 266 g/mol. The number of aryl methyl sites for hydroxylation is 1. The van der Waals surface area contributed by atoms with E-state index in [0.29, 0.717) is 0 Å². The minimum absolute atomic E-state index is 0.741. The number of thioether (sulfide) groups is 1. The van der Waals surface area contributed by atoms with Crippen molar-refractivity contribution in [2.45, 2.75) is 17.7 Å². The van der Waals surface area contributed by atoms with Crippen LogP contribution in [0, 0.1) is 6.92 Å². The van der Waals surface area contributed by atoms with Crippen molar-refractivity contribution >= 4 is 28.4 Å². The molecule has 0 fully saturated rings. The Morgan fingerprint density at radius 2 is 1.95 bits per heavy atom. The highest BCUT2D eigenvalue weighted by Gasteiger charge is 2.06. The number of nitrogens with two attached hydrogens (primary N) is 1. The van der Waals surface area contributed by atoms with Crippen molar-refractivity contribution < 1.29 is 0 Å². The van der Waals surface area contributed by atoms with Gasteiger partial charge in [-0.3, -0.25) is 0 Å². The Hall–Kier alpha value is -2.07. The summed E-state index contributed by atoms with van der Waals surface area (Å²) in [6, 6.07) is 14.2. The quantitative estimate of drug-likeness (QED) is 0.450. The van der Waals surface area contributed by atoms with Crippen molar-refractivity contribution in [1.82, 2.24) is 9.97 Å². The summed E-state index contributed by atoms with van der Waals surface area (Å²) in [5, 5.41) is 2.00. The number of aromatic nitrogens is 2. The smallest absolute Gasteiger partial charge is 0.117 e. The van der Waals surface area contributed by atoms with E-state index in [0.717, 1.165) is 27.4 Å². The summed E-state index contributed by atoms with van der Waals surface area (Å²) in [5.41, 5.74) is 10.2. The Balaban J connectivity index is 1.91. The van der Waals surface area contributed by atoms with Gasteiger partial charge in [0.05, 0.1) is 5.52 Å². The molecule has 0 amide bonds. The fourth-order valence-corrected chi connectivity index (χ4v) is 3.14. The monoisotopic (exact) mass is 281 g/mol. The van der Waals surface area contributed by atoms with E-state index in [4.69, 9.17) is 5.73 Å². The fraction of sp³-hybridized carbons (Fsp3) is 0.125. The third-order valence-electron chi connectivity index (χ3n) is 3.25. The number of rotatable bonds is 3. The zero-order chi connectivity index (χ0) is 13.9. The number of benzene rings is 2. The predicted octanol–water partition coefficient (Wildman–Crippen LogP) is 3.81. The maximum atomic E-state index is 5.86. The normalized spacial score (nSPS) is 10.8. The molecule has 3 rings (SSSR count). The van der Waals surface area contributed by atoms with Crippen LogP contribution < -0.4 is 5.73 Å². The lowest BCUT2D eigenvalue weighted by molar-refractivity contribution is 1.10. The van der Waals surface area contributed by atoms with Gasteiger partial charge in [-0.15, -0.1) is 11.8 Å². The molecule has 0 aliphatic carbocycles. The standard InChI is InChI=1S/C16H15N3S/c1-11-4-2-3-5-12(11)9-20-16-14-8-13(17)6-7-15(14)18-10-19-16/h2-8,10H,9,17H2,1H3. The van der Waals surface area contributed by atoms with Gasteiger partial charge in [-0.2, -0.15) is 0 Å². The Labute approximate surface area is 122 Å². The molecule has 20 heavy (non-hydrogen) atoms. The molecule has 0 saturated heterocycles. The molecule has 0 aliphatic heterocycles. The molecule has 0 atom stereocenters. The minimum atomic E-state index is 0.741. The van der Waals surface area contributed by atoms with Crippen molar-refractivity contribution in [3.05, 3.63) is 59.9 Å². The van der Waals surface area contributed by atoms with Crippen LogP contribution in [0.3, 0.4) is 0 Å². The maximum absolute atomic E-state index is 5.86. The second-order valence-electron chi connectivity index (χ2n) is 4.67. The lowest BCUT2D eigenvalue weighted by Gasteiger charge is -2.07. The van der Waals surface area contributed by atoms with E-state index in [1.54, 1.807) is 18.1 Å². The van der Waals surface area contributed by atoms with Gasteiger partial charge in [-0.1, -0.05) is 24.3 Å². The highest BCUT2D eigenvalue weighted by atomic mass is 32.2. The molecule has 100 valence electrons. The van der Waals surface area contributed by atoms with Crippen LogP contribution in [0.2, 0.25) is 0 Å². The maximum Gasteiger partial charge on any atom is 0.117 e. The van der Waals surface area contributed by atoms with Crippen LogP contribution >= 0.6 is 11.8 Å². The van der Waals surface area contributed by atoms with E-state index < -0.39 is 0 Å². The topological polar surface area (TPSA) is 51.8 Å². The van der Waals surface area contributed by atoms with Crippen molar-refractivity contribution in [3.63, 3.8) is 0 Å². The van der Waals surface area contributed by atoms with E-state index in [1.807, 2.05) is 18.2 Å². The number of hydrogen-bond acceptors (Lipinski definition) is 4. The average Bonchev–Trinajstić information content (AvgIpc) is 2.46. The molecule has 0 radical (unpaired) electrons. The first-order valence-corrected chi connectivity index (χ1v) is 7.40. The van der Waals surface area contributed by atoms with Crippen LogP contribution in [0.4, 0.5) is 5.69 Å². The van der Waals surface area contributed by atoms with E-state index in [9.17, 15) is 0 Å². The largest absolute Gasteiger partial charge is 0.399 e. The number of fused-ring (bicyclic) bond motifs is 1. The lowest BCUT2D eigenvalue weighted by Crippen LogP contribution is -1.91. The van der Waals surface area contributed by atoms with Crippen LogP contribution in [0.5, 0.6) is 0 Å². The summed E-state index contributed by atoms with van der Waals surface area (Å²) in [6.07, 6.45) is 1.61. The summed E-state index contributed by atoms with van der Waals surface area (Å²) in [7, 11) is 0. The Bertz CT molecular complexity index is 756. The Morgan fingerprint density at radius 1 is 1.10 bits per heavy atom. The van der Waals surface area contributed by atoms with E-state index in [1.165, 1.54) is 11.1 Å². The molecular formula is C16H15N3S. The fourth-order valence-electron chi connectivity index (χ4n) is 2.08. The molecule has 0 bridgehead atoms. The summed E-state index contributed by atoms with van der Waals surface area (Å²) < 4.78 is 0. The van der Waals surface area contributed by atoms with Crippen molar-refractivity contribution in [2.75, 3.05) is 5.73 Å². The summed E-state index contributed by atoms with van der Waals surface area (Å²) in [5.74, 6) is 0.896. The van der Waals surface area contributed by atoms with Gasteiger partial charge in [-0.25, -0.2) is 9.97 Å². The molecule has 0 saturated carbocycles. The van der Waals surface area contributed by atoms with Gasteiger partial charge in [0.25, 0.3) is 0 Å². The van der Waals surface area contributed by atoms with Crippen LogP contribution in [0.1, 0.15) is 11.1 Å². The average molecular weight is 281 g/mol. The summed E-state index contributed by atoms with van der Waals surface area (Å²) >= 11 is 1.72. The molecule has 1 aromatic heterocycles. The first-order valence-electron chi connectivity index (χ1n) is 6.41. The van der Waals surface area contributed by atoms with Crippen LogP contribution in [0.25, 0.3) is 10.9 Å². The Morgan fingerprint density at radius 3 is 2.80 bits per heavy atom. The first-order chi connectivity index (χ1) is 9.74. The van der Waals surface area contributed by atoms with Gasteiger partial charge < -0.3 is 5.73 Å². The number of nitrogens with zero attached hydrogens (tertiary/aromatic N) is 2. The van der Waals surface area contributed by atoms with Crippen molar-refractivity contribution in [3.8, 4) is 0 Å². The summed E-state index contributed by atoms with van der Waals surface area (Å²) in [4.78, 5) is 8.66. The van der Waals surface area contributed by atoms with E-state index in [-0.39, 0.29) is 0 Å². The zero-order valence-corrected chi connectivity index (χ0v) is 12.0. The van der Waals surface area contributed by atoms with Crippen LogP contribution in [-0.2, 0) is 5.75 Å². The molecule has 0 aliphatic rings. The number of anilines is 1. The number of hydrogen-bond donors (Lipinski definition) is 1. The second-order valence-corrected chi connectivity index (χ2v) is 5.63.